The van der Waals surface area contributed by atoms with E-state index in [1.165, 1.54) is 17.0 Å². The number of hydrogen-bond donors (Lipinski definition) is 1. The van der Waals surface area contributed by atoms with Crippen LogP contribution in [0.1, 0.15) is 66.9 Å². The van der Waals surface area contributed by atoms with E-state index in [4.69, 9.17) is 0 Å². The number of nitrogens with one attached hydrogen (secondary N) is 1. The number of carbonyl (C=O) groups excluding carboxylic acids is 3. The summed E-state index contributed by atoms with van der Waals surface area (Å²) in [6, 6.07) is 13.1. The van der Waals surface area contributed by atoms with Crippen LogP contribution in [0.3, 0.4) is 0 Å². The zero-order valence-corrected chi connectivity index (χ0v) is 21.6. The van der Waals surface area contributed by atoms with Crippen molar-refractivity contribution in [1.29, 1.82) is 0 Å². The summed E-state index contributed by atoms with van der Waals surface area (Å²) in [5.41, 5.74) is 2.02. The molecule has 1 aliphatic heterocycles. The third-order valence-corrected chi connectivity index (χ3v) is 8.97. The van der Waals surface area contributed by atoms with Crippen LogP contribution in [-0.4, -0.2) is 54.0 Å². The molecular weight excluding hydrogens is 478 g/mol. The Balaban J connectivity index is 1.54. The van der Waals surface area contributed by atoms with Gasteiger partial charge in [0.05, 0.1) is 5.56 Å². The van der Waals surface area contributed by atoms with Crippen LogP contribution in [0.2, 0.25) is 0 Å². The SMILES string of the molecule is CCC(C(=O)NC1CCCC1)N(Cc1ccccc1C)C(=O)CCN1C(=O)c2ccccc2S1(=O)=O. The second-order valence-electron chi connectivity index (χ2n) is 9.49. The predicted molar refractivity (Wildman–Crippen MR) is 135 cm³/mol. The number of nitrogens with zero attached hydrogens (tertiary/aromatic N) is 2. The summed E-state index contributed by atoms with van der Waals surface area (Å²) in [5.74, 6) is -1.19. The quantitative estimate of drug-likeness (QED) is 0.556. The molecule has 4 rings (SSSR count). The lowest BCUT2D eigenvalue weighted by atomic mass is 10.0. The second kappa shape index (κ2) is 10.8. The molecule has 1 heterocycles. The van der Waals surface area contributed by atoms with E-state index in [0.717, 1.165) is 41.1 Å². The van der Waals surface area contributed by atoms with Crippen LogP contribution in [0.4, 0.5) is 0 Å². The number of sulfonamides is 1. The second-order valence-corrected chi connectivity index (χ2v) is 11.3. The smallest absolute Gasteiger partial charge is 0.269 e. The van der Waals surface area contributed by atoms with Gasteiger partial charge in [0, 0.05) is 25.6 Å². The number of hydrogen-bond acceptors (Lipinski definition) is 5. The van der Waals surface area contributed by atoms with Crippen molar-refractivity contribution in [3.63, 3.8) is 0 Å². The van der Waals surface area contributed by atoms with Gasteiger partial charge in [0.2, 0.25) is 11.8 Å². The molecular formula is C27H33N3O5S. The van der Waals surface area contributed by atoms with Crippen molar-refractivity contribution >= 4 is 27.7 Å². The van der Waals surface area contributed by atoms with Crippen molar-refractivity contribution in [3.05, 3.63) is 65.2 Å². The Morgan fingerprint density at radius 1 is 1.08 bits per heavy atom. The standard InChI is InChI=1S/C27H33N3O5S/c1-3-23(26(32)28-21-12-6-7-13-21)29(18-20-11-5-4-10-19(20)2)25(31)16-17-30-27(33)22-14-8-9-15-24(22)36(30,34)35/h4-5,8-11,14-15,21,23H,3,6-7,12-13,16-18H2,1-2H3,(H,28,32). The van der Waals surface area contributed by atoms with Crippen LogP contribution >= 0.6 is 0 Å². The minimum atomic E-state index is -4.01. The van der Waals surface area contributed by atoms with Crippen molar-refractivity contribution in [3.8, 4) is 0 Å². The maximum absolute atomic E-state index is 13.6. The molecule has 8 nitrogen and oxygen atoms in total. The zero-order chi connectivity index (χ0) is 25.9. The molecule has 36 heavy (non-hydrogen) atoms. The molecule has 0 radical (unpaired) electrons. The minimum Gasteiger partial charge on any atom is -0.352 e. The predicted octanol–water partition coefficient (Wildman–Crippen LogP) is 3.40. The van der Waals surface area contributed by atoms with Crippen LogP contribution in [0.25, 0.3) is 0 Å². The van der Waals surface area contributed by atoms with E-state index in [1.54, 1.807) is 12.1 Å². The number of aryl methyl sites for hydroxylation is 1. The molecule has 2 aromatic rings. The van der Waals surface area contributed by atoms with Crippen LogP contribution in [0.5, 0.6) is 0 Å². The number of carbonyl (C=O) groups is 3. The van der Waals surface area contributed by atoms with E-state index in [1.807, 2.05) is 38.1 Å². The highest BCUT2D eigenvalue weighted by atomic mass is 32.2. The first kappa shape index (κ1) is 25.9. The molecule has 1 fully saturated rings. The van der Waals surface area contributed by atoms with Crippen LogP contribution in [0, 0.1) is 6.92 Å². The molecule has 1 saturated carbocycles. The molecule has 1 aliphatic carbocycles. The summed E-state index contributed by atoms with van der Waals surface area (Å²) in [6.45, 7) is 3.76. The topological polar surface area (TPSA) is 104 Å². The lowest BCUT2D eigenvalue weighted by Crippen LogP contribution is -2.51. The van der Waals surface area contributed by atoms with Gasteiger partial charge in [-0.1, -0.05) is 56.2 Å². The molecule has 1 unspecified atom stereocenters. The minimum absolute atomic E-state index is 0.0402. The van der Waals surface area contributed by atoms with Crippen LogP contribution in [-0.2, 0) is 26.2 Å². The normalized spacial score (nSPS) is 17.6. The molecule has 1 atom stereocenters. The van der Waals surface area contributed by atoms with Gasteiger partial charge < -0.3 is 10.2 Å². The number of rotatable bonds is 9. The lowest BCUT2D eigenvalue weighted by Gasteiger charge is -2.32. The fourth-order valence-corrected chi connectivity index (χ4v) is 6.62. The fourth-order valence-electron chi connectivity index (χ4n) is 5.05. The van der Waals surface area contributed by atoms with Gasteiger partial charge in [-0.15, -0.1) is 0 Å². The highest BCUT2D eigenvalue weighted by Gasteiger charge is 2.41. The van der Waals surface area contributed by atoms with E-state index >= 15 is 0 Å². The molecule has 9 heteroatoms. The van der Waals surface area contributed by atoms with Gasteiger partial charge in [0.1, 0.15) is 10.9 Å². The molecule has 2 aromatic carbocycles. The maximum Gasteiger partial charge on any atom is 0.269 e. The molecule has 0 spiro atoms. The Bertz CT molecular complexity index is 1250. The van der Waals surface area contributed by atoms with Crippen molar-refractivity contribution in [2.24, 2.45) is 0 Å². The average Bonchev–Trinajstić information content (AvgIpc) is 3.43. The maximum atomic E-state index is 13.6. The van der Waals surface area contributed by atoms with Gasteiger partial charge in [-0.3, -0.25) is 14.4 Å². The van der Waals surface area contributed by atoms with Crippen molar-refractivity contribution < 1.29 is 22.8 Å². The average molecular weight is 512 g/mol. The monoisotopic (exact) mass is 511 g/mol. The summed E-state index contributed by atoms with van der Waals surface area (Å²) in [7, 11) is -4.01. The third-order valence-electron chi connectivity index (χ3n) is 7.13. The molecule has 0 aromatic heterocycles. The summed E-state index contributed by atoms with van der Waals surface area (Å²) >= 11 is 0. The van der Waals surface area contributed by atoms with Crippen LogP contribution in [0.15, 0.2) is 53.4 Å². The lowest BCUT2D eigenvalue weighted by molar-refractivity contribution is -0.141. The number of benzene rings is 2. The molecule has 0 bridgehead atoms. The largest absolute Gasteiger partial charge is 0.352 e. The molecule has 0 saturated heterocycles. The first-order chi connectivity index (χ1) is 17.2. The summed E-state index contributed by atoms with van der Waals surface area (Å²) < 4.78 is 26.6. The van der Waals surface area contributed by atoms with Crippen molar-refractivity contribution in [2.75, 3.05) is 6.54 Å². The fraction of sp³-hybridized carbons (Fsp3) is 0.444. The molecule has 3 amide bonds. The Labute approximate surface area is 212 Å². The van der Waals surface area contributed by atoms with Crippen LogP contribution < -0.4 is 5.32 Å². The van der Waals surface area contributed by atoms with E-state index < -0.39 is 22.0 Å². The number of fused-ring (bicyclic) bond motifs is 1. The summed E-state index contributed by atoms with van der Waals surface area (Å²) in [5, 5.41) is 3.10. The van der Waals surface area contributed by atoms with Gasteiger partial charge in [-0.2, -0.15) is 0 Å². The molecule has 2 aliphatic rings. The number of amides is 3. The van der Waals surface area contributed by atoms with Crippen molar-refractivity contribution in [1.82, 2.24) is 14.5 Å². The molecule has 1 N–H and O–H groups in total. The first-order valence-electron chi connectivity index (χ1n) is 12.5. The van der Waals surface area contributed by atoms with Gasteiger partial charge in [0.15, 0.2) is 0 Å². The van der Waals surface area contributed by atoms with E-state index in [9.17, 15) is 22.8 Å². The van der Waals surface area contributed by atoms with Gasteiger partial charge in [0.25, 0.3) is 15.9 Å². The van der Waals surface area contributed by atoms with Gasteiger partial charge in [-0.25, -0.2) is 12.7 Å². The van der Waals surface area contributed by atoms with Gasteiger partial charge >= 0.3 is 0 Å². The summed E-state index contributed by atoms with van der Waals surface area (Å²) in [6.07, 6.45) is 4.23. The first-order valence-corrected chi connectivity index (χ1v) is 14.0. The zero-order valence-electron chi connectivity index (χ0n) is 20.8. The summed E-state index contributed by atoms with van der Waals surface area (Å²) in [4.78, 5) is 41.1. The molecule has 192 valence electrons. The Kier molecular flexibility index (Phi) is 7.78. The highest BCUT2D eigenvalue weighted by molar-refractivity contribution is 7.90. The van der Waals surface area contributed by atoms with E-state index in [0.29, 0.717) is 6.42 Å². The third kappa shape index (κ3) is 5.16. The Morgan fingerprint density at radius 2 is 1.75 bits per heavy atom. The highest BCUT2D eigenvalue weighted by Crippen LogP contribution is 2.30. The Morgan fingerprint density at radius 3 is 2.42 bits per heavy atom. The van der Waals surface area contributed by atoms with Crippen molar-refractivity contribution in [2.45, 2.75) is 75.9 Å². The van der Waals surface area contributed by atoms with E-state index in [2.05, 4.69) is 5.32 Å². The van der Waals surface area contributed by atoms with Gasteiger partial charge in [-0.05, 0) is 49.4 Å². The Hall–Kier alpha value is -3.20. The van der Waals surface area contributed by atoms with E-state index in [-0.39, 0.29) is 47.8 Å².